The maximum absolute atomic E-state index is 6.63. The SMILES string of the molecule is CC1(C)CCC(N)(Cc2nc(-c3ccccc3)cs2)CC1. The molecule has 3 rings (SSSR count). The summed E-state index contributed by atoms with van der Waals surface area (Å²) in [5.74, 6) is 0. The third-order valence-corrected chi connectivity index (χ3v) is 5.57. The number of hydrogen-bond acceptors (Lipinski definition) is 3. The van der Waals surface area contributed by atoms with Gasteiger partial charge in [-0.3, -0.25) is 0 Å². The molecule has 112 valence electrons. The van der Waals surface area contributed by atoms with E-state index in [9.17, 15) is 0 Å². The first-order valence-electron chi connectivity index (χ1n) is 7.75. The first kappa shape index (κ1) is 14.7. The van der Waals surface area contributed by atoms with Crippen molar-refractivity contribution < 1.29 is 0 Å². The molecule has 1 fully saturated rings. The quantitative estimate of drug-likeness (QED) is 0.896. The Bertz CT molecular complexity index is 591. The zero-order valence-electron chi connectivity index (χ0n) is 12.9. The summed E-state index contributed by atoms with van der Waals surface area (Å²) in [7, 11) is 0. The summed E-state index contributed by atoms with van der Waals surface area (Å²) in [5, 5.41) is 3.33. The number of nitrogens with two attached hydrogens (primary N) is 1. The maximum Gasteiger partial charge on any atom is 0.0950 e. The van der Waals surface area contributed by atoms with Gasteiger partial charge in [0.05, 0.1) is 10.7 Å². The van der Waals surface area contributed by atoms with Gasteiger partial charge in [0.15, 0.2) is 0 Å². The van der Waals surface area contributed by atoms with Crippen LogP contribution in [0, 0.1) is 5.41 Å². The summed E-state index contributed by atoms with van der Waals surface area (Å²) in [5.41, 5.74) is 9.30. The fourth-order valence-corrected chi connectivity index (χ4v) is 3.99. The van der Waals surface area contributed by atoms with Gasteiger partial charge < -0.3 is 5.73 Å². The van der Waals surface area contributed by atoms with Crippen LogP contribution in [0.5, 0.6) is 0 Å². The molecule has 3 heteroatoms. The second-order valence-electron chi connectivity index (χ2n) is 7.20. The lowest BCUT2D eigenvalue weighted by Crippen LogP contribution is -2.46. The van der Waals surface area contributed by atoms with E-state index < -0.39 is 0 Å². The molecule has 0 unspecified atom stereocenters. The first-order valence-corrected chi connectivity index (χ1v) is 8.63. The van der Waals surface area contributed by atoms with E-state index in [1.165, 1.54) is 23.4 Å². The van der Waals surface area contributed by atoms with Crippen LogP contribution < -0.4 is 5.73 Å². The van der Waals surface area contributed by atoms with Crippen LogP contribution in [0.15, 0.2) is 35.7 Å². The molecule has 2 nitrogen and oxygen atoms in total. The number of nitrogens with zero attached hydrogens (tertiary/aromatic N) is 1. The Labute approximate surface area is 131 Å². The fraction of sp³-hybridized carbons (Fsp3) is 0.500. The average molecular weight is 300 g/mol. The molecule has 1 aliphatic rings. The largest absolute Gasteiger partial charge is 0.325 e. The summed E-state index contributed by atoms with van der Waals surface area (Å²) in [6, 6.07) is 10.4. The molecule has 0 spiro atoms. The topological polar surface area (TPSA) is 38.9 Å². The Morgan fingerprint density at radius 2 is 1.76 bits per heavy atom. The highest BCUT2D eigenvalue weighted by atomic mass is 32.1. The molecule has 0 atom stereocenters. The maximum atomic E-state index is 6.63. The van der Waals surface area contributed by atoms with Crippen LogP contribution in [0.4, 0.5) is 0 Å². The molecule has 0 radical (unpaired) electrons. The van der Waals surface area contributed by atoms with Crippen molar-refractivity contribution in [3.63, 3.8) is 0 Å². The second kappa shape index (κ2) is 5.54. The van der Waals surface area contributed by atoms with E-state index in [1.54, 1.807) is 11.3 Å². The molecular formula is C18H24N2S. The summed E-state index contributed by atoms with van der Waals surface area (Å²) in [6.45, 7) is 4.70. The van der Waals surface area contributed by atoms with E-state index in [2.05, 4.69) is 43.5 Å². The van der Waals surface area contributed by atoms with Crippen LogP contribution in [0.3, 0.4) is 0 Å². The molecule has 1 aromatic heterocycles. The Morgan fingerprint density at radius 3 is 2.43 bits per heavy atom. The number of hydrogen-bond donors (Lipinski definition) is 1. The zero-order chi connectivity index (χ0) is 14.9. The van der Waals surface area contributed by atoms with Gasteiger partial charge in [-0.15, -0.1) is 11.3 Å². The monoisotopic (exact) mass is 300 g/mol. The molecule has 2 aromatic rings. The highest BCUT2D eigenvalue weighted by Crippen LogP contribution is 2.40. The predicted octanol–water partition coefficient (Wildman–Crippen LogP) is 4.65. The van der Waals surface area contributed by atoms with Crippen LogP contribution in [-0.2, 0) is 6.42 Å². The Balaban J connectivity index is 1.70. The number of rotatable bonds is 3. The molecule has 21 heavy (non-hydrogen) atoms. The Kier molecular flexibility index (Phi) is 3.89. The lowest BCUT2D eigenvalue weighted by atomic mass is 9.69. The van der Waals surface area contributed by atoms with Crippen molar-refractivity contribution in [3.05, 3.63) is 40.7 Å². The molecule has 1 aliphatic carbocycles. The number of benzene rings is 1. The number of aromatic nitrogens is 1. The molecule has 1 heterocycles. The fourth-order valence-electron chi connectivity index (χ4n) is 3.04. The van der Waals surface area contributed by atoms with Gasteiger partial charge in [-0.1, -0.05) is 44.2 Å². The summed E-state index contributed by atoms with van der Waals surface area (Å²) in [6.07, 6.45) is 5.59. The molecular weight excluding hydrogens is 276 g/mol. The van der Waals surface area contributed by atoms with Crippen molar-refractivity contribution in [2.24, 2.45) is 11.1 Å². The average Bonchev–Trinajstić information content (AvgIpc) is 2.92. The van der Waals surface area contributed by atoms with Gasteiger partial charge in [-0.05, 0) is 31.1 Å². The Morgan fingerprint density at radius 1 is 1.10 bits per heavy atom. The lowest BCUT2D eigenvalue weighted by molar-refractivity contribution is 0.164. The normalized spacial score (nSPS) is 20.3. The van der Waals surface area contributed by atoms with Crippen molar-refractivity contribution in [1.29, 1.82) is 0 Å². The first-order chi connectivity index (χ1) is 9.96. The van der Waals surface area contributed by atoms with E-state index in [0.717, 1.165) is 25.0 Å². The minimum Gasteiger partial charge on any atom is -0.325 e. The Hall–Kier alpha value is -1.19. The molecule has 0 saturated heterocycles. The number of thiazole rings is 1. The predicted molar refractivity (Wildman–Crippen MR) is 90.4 cm³/mol. The van der Waals surface area contributed by atoms with Gasteiger partial charge in [0.25, 0.3) is 0 Å². The van der Waals surface area contributed by atoms with Gasteiger partial charge in [-0.2, -0.15) is 0 Å². The van der Waals surface area contributed by atoms with Crippen LogP contribution in [0.2, 0.25) is 0 Å². The molecule has 0 aliphatic heterocycles. The third kappa shape index (κ3) is 3.53. The van der Waals surface area contributed by atoms with Crippen LogP contribution >= 0.6 is 11.3 Å². The van der Waals surface area contributed by atoms with Crippen molar-refractivity contribution in [2.75, 3.05) is 0 Å². The van der Waals surface area contributed by atoms with Crippen LogP contribution in [0.1, 0.15) is 44.5 Å². The molecule has 0 amide bonds. The standard InChI is InChI=1S/C18H24N2S/c1-17(2)8-10-18(19,11-9-17)12-16-20-15(13-21-16)14-6-4-3-5-7-14/h3-7,13H,8-12,19H2,1-2H3. The summed E-state index contributed by atoms with van der Waals surface area (Å²) < 4.78 is 0. The van der Waals surface area contributed by atoms with E-state index in [0.29, 0.717) is 5.41 Å². The molecule has 2 N–H and O–H groups in total. The zero-order valence-corrected chi connectivity index (χ0v) is 13.7. The van der Waals surface area contributed by atoms with E-state index in [-0.39, 0.29) is 5.54 Å². The minimum absolute atomic E-state index is 0.0542. The van der Waals surface area contributed by atoms with Crippen molar-refractivity contribution in [1.82, 2.24) is 4.98 Å². The summed E-state index contributed by atoms with van der Waals surface area (Å²) in [4.78, 5) is 4.79. The highest BCUT2D eigenvalue weighted by Gasteiger charge is 2.35. The molecule has 1 saturated carbocycles. The van der Waals surface area contributed by atoms with E-state index in [4.69, 9.17) is 10.7 Å². The van der Waals surface area contributed by atoms with Crippen molar-refractivity contribution in [3.8, 4) is 11.3 Å². The van der Waals surface area contributed by atoms with Gasteiger partial charge in [0.1, 0.15) is 0 Å². The highest BCUT2D eigenvalue weighted by molar-refractivity contribution is 7.09. The van der Waals surface area contributed by atoms with Gasteiger partial charge in [-0.25, -0.2) is 4.98 Å². The van der Waals surface area contributed by atoms with Gasteiger partial charge in [0.2, 0.25) is 0 Å². The van der Waals surface area contributed by atoms with E-state index in [1.807, 2.05) is 6.07 Å². The third-order valence-electron chi connectivity index (χ3n) is 4.72. The molecule has 1 aromatic carbocycles. The summed E-state index contributed by atoms with van der Waals surface area (Å²) >= 11 is 1.75. The van der Waals surface area contributed by atoms with Gasteiger partial charge >= 0.3 is 0 Å². The van der Waals surface area contributed by atoms with Crippen molar-refractivity contribution >= 4 is 11.3 Å². The van der Waals surface area contributed by atoms with Gasteiger partial charge in [0, 0.05) is 22.9 Å². The molecule has 0 bridgehead atoms. The second-order valence-corrected chi connectivity index (χ2v) is 8.14. The van der Waals surface area contributed by atoms with E-state index >= 15 is 0 Å². The van der Waals surface area contributed by atoms with Crippen molar-refractivity contribution in [2.45, 2.75) is 51.5 Å². The van der Waals surface area contributed by atoms with Crippen LogP contribution in [-0.4, -0.2) is 10.5 Å². The smallest absolute Gasteiger partial charge is 0.0950 e. The minimum atomic E-state index is -0.0542. The van der Waals surface area contributed by atoms with Crippen LogP contribution in [0.25, 0.3) is 11.3 Å². The lowest BCUT2D eigenvalue weighted by Gasteiger charge is -2.40.